The quantitative estimate of drug-likeness (QED) is 0.539. The van der Waals surface area contributed by atoms with Gasteiger partial charge in [0.15, 0.2) is 0 Å². The van der Waals surface area contributed by atoms with E-state index in [1.54, 1.807) is 5.57 Å². The van der Waals surface area contributed by atoms with Crippen LogP contribution in [0.15, 0.2) is 52.4 Å². The Hall–Kier alpha value is -2.15. The fourth-order valence-electron chi connectivity index (χ4n) is 9.50. The Bertz CT molecular complexity index is 1360. The number of rotatable bonds is 3. The number of H-pyrrole nitrogens is 1. The minimum Gasteiger partial charge on any atom is -0.393 e. The van der Waals surface area contributed by atoms with E-state index >= 15 is 0 Å². The molecule has 38 heavy (non-hydrogen) atoms. The summed E-state index contributed by atoms with van der Waals surface area (Å²) in [6.45, 7) is 7.37. The van der Waals surface area contributed by atoms with Gasteiger partial charge in [0.25, 0.3) is 0 Å². The van der Waals surface area contributed by atoms with Gasteiger partial charge >= 0.3 is 5.69 Å². The first-order valence-corrected chi connectivity index (χ1v) is 15.0. The topological polar surface area (TPSA) is 81.5 Å². The van der Waals surface area contributed by atoms with E-state index in [9.17, 15) is 15.0 Å². The van der Waals surface area contributed by atoms with Crippen LogP contribution < -0.4 is 5.69 Å². The van der Waals surface area contributed by atoms with Gasteiger partial charge in [0.1, 0.15) is 0 Å². The van der Waals surface area contributed by atoms with Gasteiger partial charge in [0.05, 0.1) is 22.7 Å². The molecule has 204 valence electrons. The number of hydrogen-bond acceptors (Lipinski definition) is 4. The van der Waals surface area contributed by atoms with Crippen molar-refractivity contribution in [2.24, 2.45) is 22.7 Å². The summed E-state index contributed by atoms with van der Waals surface area (Å²) in [5, 5.41) is 22.6. The number of fused-ring (bicyclic) bond motifs is 6. The van der Waals surface area contributed by atoms with Crippen molar-refractivity contribution in [2.45, 2.75) is 89.4 Å². The van der Waals surface area contributed by atoms with Gasteiger partial charge in [-0.3, -0.25) is 4.57 Å². The number of aromatic amines is 1. The number of hydrogen-bond donors (Lipinski definition) is 3. The summed E-state index contributed by atoms with van der Waals surface area (Å²) in [4.78, 5) is 18.2. The van der Waals surface area contributed by atoms with Crippen LogP contribution in [-0.4, -0.2) is 56.0 Å². The summed E-state index contributed by atoms with van der Waals surface area (Å²) < 4.78 is 1.96. The third-order valence-corrected chi connectivity index (χ3v) is 11.9. The highest BCUT2D eigenvalue weighted by Gasteiger charge is 2.62. The lowest BCUT2D eigenvalue weighted by Gasteiger charge is -2.56. The van der Waals surface area contributed by atoms with Crippen molar-refractivity contribution in [3.8, 4) is 0 Å². The van der Waals surface area contributed by atoms with Crippen LogP contribution in [0.3, 0.4) is 0 Å². The predicted molar refractivity (Wildman–Crippen MR) is 150 cm³/mol. The molecule has 7 rings (SSSR count). The number of nitrogens with zero attached hydrogens (tertiary/aromatic N) is 2. The normalized spacial score (nSPS) is 39.8. The number of aliphatic hydroxyl groups excluding tert-OH is 1. The molecular formula is C32H43N3O3. The monoisotopic (exact) mass is 517 g/mol. The number of aliphatic hydroxyl groups is 2. The van der Waals surface area contributed by atoms with Crippen molar-refractivity contribution in [3.63, 3.8) is 0 Å². The Morgan fingerprint density at radius 3 is 2.55 bits per heavy atom. The van der Waals surface area contributed by atoms with E-state index in [1.165, 1.54) is 5.57 Å². The van der Waals surface area contributed by atoms with E-state index in [2.05, 4.69) is 35.9 Å². The average Bonchev–Trinajstić information content (AvgIpc) is 3.37. The molecule has 3 saturated carbocycles. The maximum absolute atomic E-state index is 12.7. The predicted octanol–water partition coefficient (Wildman–Crippen LogP) is 4.94. The highest BCUT2D eigenvalue weighted by Crippen LogP contribution is 2.66. The van der Waals surface area contributed by atoms with Crippen LogP contribution in [0, 0.1) is 22.7 Å². The van der Waals surface area contributed by atoms with E-state index in [4.69, 9.17) is 0 Å². The van der Waals surface area contributed by atoms with E-state index in [0.717, 1.165) is 88.5 Å². The number of nitrogens with one attached hydrogen (secondary N) is 1. The summed E-state index contributed by atoms with van der Waals surface area (Å²) in [5.74, 6) is 0.996. The highest BCUT2D eigenvalue weighted by molar-refractivity contribution is 5.75. The minimum atomic E-state index is -0.679. The fourth-order valence-corrected chi connectivity index (χ4v) is 9.50. The number of likely N-dealkylation sites (tertiary alicyclic amines) is 1. The van der Waals surface area contributed by atoms with E-state index < -0.39 is 5.60 Å². The van der Waals surface area contributed by atoms with Crippen molar-refractivity contribution in [3.05, 3.63) is 58.0 Å². The number of piperidine rings is 1. The summed E-state index contributed by atoms with van der Waals surface area (Å²) in [7, 11) is 0. The van der Waals surface area contributed by atoms with Crippen LogP contribution in [-0.2, 0) is 0 Å². The highest BCUT2D eigenvalue weighted by atomic mass is 16.3. The van der Waals surface area contributed by atoms with E-state index in [-0.39, 0.29) is 28.7 Å². The van der Waals surface area contributed by atoms with Gasteiger partial charge < -0.3 is 20.1 Å². The number of β-amino-alcohol motifs (C(OH)–C–C–N with tert-alkyl or cyclic N) is 1. The van der Waals surface area contributed by atoms with Gasteiger partial charge in [-0.25, -0.2) is 4.79 Å². The van der Waals surface area contributed by atoms with Crippen molar-refractivity contribution in [2.75, 3.05) is 19.6 Å². The summed E-state index contributed by atoms with van der Waals surface area (Å²) >= 11 is 0. The Morgan fingerprint density at radius 1 is 0.974 bits per heavy atom. The molecule has 6 atom stereocenters. The maximum Gasteiger partial charge on any atom is 0.326 e. The van der Waals surface area contributed by atoms with Crippen LogP contribution in [0.5, 0.6) is 0 Å². The molecule has 3 N–H and O–H groups in total. The number of benzene rings is 1. The standard InChI is InChI=1S/C32H43N3O3/c1-30-14-9-23(36)19-21(30)7-8-24-25(30)10-15-31(2)26(24)11-16-32(31,38)20-34-17-12-22(13-18-34)35-28-6-4-3-5-27(28)33-29(35)37/h3-8,22-23,25-26,36,38H,9-20H2,1-2H3,(H,33,37). The van der Waals surface area contributed by atoms with Crippen molar-refractivity contribution in [1.82, 2.24) is 14.5 Å². The fraction of sp³-hybridized carbons (Fsp3) is 0.656. The summed E-state index contributed by atoms with van der Waals surface area (Å²) in [6.07, 6.45) is 13.3. The van der Waals surface area contributed by atoms with Crippen LogP contribution in [0.1, 0.15) is 77.7 Å². The Balaban J connectivity index is 1.08. The van der Waals surface area contributed by atoms with Gasteiger partial charge in [0, 0.05) is 31.1 Å². The molecule has 1 saturated heterocycles. The van der Waals surface area contributed by atoms with Crippen LogP contribution in [0.2, 0.25) is 0 Å². The van der Waals surface area contributed by atoms with Crippen molar-refractivity contribution >= 4 is 11.0 Å². The van der Waals surface area contributed by atoms with Crippen molar-refractivity contribution in [1.29, 1.82) is 0 Å². The zero-order chi connectivity index (χ0) is 26.3. The Labute approximate surface area is 225 Å². The summed E-state index contributed by atoms with van der Waals surface area (Å²) in [5.41, 5.74) is 4.31. The number of allylic oxidation sites excluding steroid dienone is 3. The molecular weight excluding hydrogens is 474 g/mol. The lowest BCUT2D eigenvalue weighted by atomic mass is 9.50. The molecule has 0 amide bonds. The Morgan fingerprint density at radius 2 is 1.74 bits per heavy atom. The molecule has 4 fully saturated rings. The van der Waals surface area contributed by atoms with E-state index in [0.29, 0.717) is 11.8 Å². The van der Waals surface area contributed by atoms with Gasteiger partial charge in [-0.15, -0.1) is 0 Å². The smallest absolute Gasteiger partial charge is 0.326 e. The molecule has 0 spiro atoms. The Kier molecular flexibility index (Phi) is 5.67. The van der Waals surface area contributed by atoms with Gasteiger partial charge in [-0.1, -0.05) is 49.3 Å². The largest absolute Gasteiger partial charge is 0.393 e. The molecule has 0 radical (unpaired) electrons. The minimum absolute atomic E-state index is 0.00896. The molecule has 1 aromatic heterocycles. The van der Waals surface area contributed by atoms with Crippen LogP contribution >= 0.6 is 0 Å². The second kappa shape index (κ2) is 8.67. The first-order valence-electron chi connectivity index (χ1n) is 15.0. The van der Waals surface area contributed by atoms with Crippen molar-refractivity contribution < 1.29 is 10.2 Å². The summed E-state index contributed by atoms with van der Waals surface area (Å²) in [6, 6.07) is 8.17. The van der Waals surface area contributed by atoms with Gasteiger partial charge in [-0.2, -0.15) is 0 Å². The van der Waals surface area contributed by atoms with E-state index in [1.807, 2.05) is 28.8 Å². The zero-order valence-electron chi connectivity index (χ0n) is 23.0. The SMILES string of the molecule is CC12CCC(O)CC1=CC=C1C2CCC2(C)C1CCC2(O)CN1CCC(n2c(=O)[nH]c3ccccc32)CC1. The zero-order valence-corrected chi connectivity index (χ0v) is 23.0. The molecule has 1 aromatic carbocycles. The van der Waals surface area contributed by atoms with Crippen LogP contribution in [0.25, 0.3) is 11.0 Å². The molecule has 2 heterocycles. The number of aromatic nitrogens is 2. The molecule has 6 nitrogen and oxygen atoms in total. The number of para-hydroxylation sites is 2. The molecule has 0 bridgehead atoms. The van der Waals surface area contributed by atoms with Gasteiger partial charge in [-0.05, 0) is 87.2 Å². The first kappa shape index (κ1) is 24.9. The third-order valence-electron chi connectivity index (χ3n) is 11.9. The molecule has 5 aliphatic rings. The van der Waals surface area contributed by atoms with Crippen LogP contribution in [0.4, 0.5) is 0 Å². The number of imidazole rings is 1. The third kappa shape index (κ3) is 3.52. The average molecular weight is 518 g/mol. The lowest BCUT2D eigenvalue weighted by Crippen LogP contribution is -2.56. The lowest BCUT2D eigenvalue weighted by molar-refractivity contribution is -0.105. The molecule has 6 unspecified atom stereocenters. The van der Waals surface area contributed by atoms with Gasteiger partial charge in [0.2, 0.25) is 0 Å². The molecule has 6 heteroatoms. The second-order valence-corrected chi connectivity index (χ2v) is 13.6. The molecule has 1 aliphatic heterocycles. The maximum atomic E-state index is 12.7. The molecule has 2 aromatic rings. The molecule has 4 aliphatic carbocycles. The first-order chi connectivity index (χ1) is 18.2. The second-order valence-electron chi connectivity index (χ2n) is 13.6.